The number of aliphatic hydroxyl groups excluding tert-OH is 1. The molecule has 1 aliphatic heterocycles. The lowest BCUT2D eigenvalue weighted by Gasteiger charge is -2.41. The summed E-state index contributed by atoms with van der Waals surface area (Å²) in [4.78, 5) is 14.2. The Bertz CT molecular complexity index is 339. The van der Waals surface area contributed by atoms with Crippen LogP contribution in [0.25, 0.3) is 0 Å². The van der Waals surface area contributed by atoms with Crippen molar-refractivity contribution in [2.45, 2.75) is 78.2 Å². The number of rotatable bonds is 4. The third-order valence-electron chi connectivity index (χ3n) is 3.92. The maximum absolute atomic E-state index is 11.9. The van der Waals surface area contributed by atoms with E-state index in [9.17, 15) is 9.90 Å². The number of piperidine rings is 1. The predicted octanol–water partition coefficient (Wildman–Crippen LogP) is 2.38. The fourth-order valence-electron chi connectivity index (χ4n) is 2.79. The molecular formula is C16H32N2O3. The minimum Gasteiger partial charge on any atom is -0.444 e. The largest absolute Gasteiger partial charge is 0.444 e. The van der Waals surface area contributed by atoms with Gasteiger partial charge in [-0.05, 0) is 53.4 Å². The Morgan fingerprint density at radius 2 is 2.00 bits per heavy atom. The third-order valence-corrected chi connectivity index (χ3v) is 3.92. The molecule has 0 aromatic heterocycles. The monoisotopic (exact) mass is 300 g/mol. The third kappa shape index (κ3) is 6.22. The summed E-state index contributed by atoms with van der Waals surface area (Å²) >= 11 is 0. The topological polar surface area (TPSA) is 61.8 Å². The van der Waals surface area contributed by atoms with E-state index in [1.807, 2.05) is 27.7 Å². The molecular weight excluding hydrogens is 268 g/mol. The highest BCUT2D eigenvalue weighted by atomic mass is 16.6. The average Bonchev–Trinajstić information content (AvgIpc) is 2.34. The Morgan fingerprint density at radius 3 is 2.48 bits per heavy atom. The van der Waals surface area contributed by atoms with E-state index in [0.717, 1.165) is 25.9 Å². The maximum Gasteiger partial charge on any atom is 0.407 e. The zero-order chi connectivity index (χ0) is 16.2. The van der Waals surface area contributed by atoms with E-state index in [4.69, 9.17) is 4.74 Å². The van der Waals surface area contributed by atoms with Gasteiger partial charge in [-0.1, -0.05) is 6.92 Å². The Morgan fingerprint density at radius 1 is 1.38 bits per heavy atom. The van der Waals surface area contributed by atoms with Crippen LogP contribution in [0.1, 0.15) is 54.4 Å². The zero-order valence-corrected chi connectivity index (χ0v) is 14.3. The molecule has 0 saturated carbocycles. The molecule has 0 aromatic rings. The molecule has 1 rings (SSSR count). The van der Waals surface area contributed by atoms with Gasteiger partial charge in [0.2, 0.25) is 0 Å². The first-order chi connectivity index (χ1) is 9.62. The summed E-state index contributed by atoms with van der Waals surface area (Å²) in [6.45, 7) is 13.6. The fraction of sp³-hybridized carbons (Fsp3) is 0.938. The Kier molecular flexibility index (Phi) is 6.47. The van der Waals surface area contributed by atoms with E-state index in [1.54, 1.807) is 0 Å². The van der Waals surface area contributed by atoms with Gasteiger partial charge in [-0.15, -0.1) is 0 Å². The molecule has 3 atom stereocenters. The highest BCUT2D eigenvalue weighted by Crippen LogP contribution is 2.23. The van der Waals surface area contributed by atoms with Crippen molar-refractivity contribution in [3.05, 3.63) is 0 Å². The molecule has 0 aromatic carbocycles. The Balaban J connectivity index is 2.65. The van der Waals surface area contributed by atoms with Crippen LogP contribution in [0.15, 0.2) is 0 Å². The van der Waals surface area contributed by atoms with Gasteiger partial charge in [0.1, 0.15) is 5.60 Å². The standard InChI is InChI=1S/C16H32N2O3/c1-7-14(19)12-8-13(10-18(9-12)11(2)3)17-15(20)21-16(4,5)6/h11-14,19H,7-10H2,1-6H3,(H,17,20). The van der Waals surface area contributed by atoms with E-state index in [0.29, 0.717) is 6.04 Å². The number of nitrogens with one attached hydrogen (secondary N) is 1. The lowest BCUT2D eigenvalue weighted by Crippen LogP contribution is -2.55. The Hall–Kier alpha value is -0.810. The predicted molar refractivity (Wildman–Crippen MR) is 84.3 cm³/mol. The first kappa shape index (κ1) is 18.2. The molecule has 0 radical (unpaired) electrons. The van der Waals surface area contributed by atoms with E-state index in [-0.39, 0.29) is 24.2 Å². The smallest absolute Gasteiger partial charge is 0.407 e. The lowest BCUT2D eigenvalue weighted by molar-refractivity contribution is 0.0158. The fourth-order valence-corrected chi connectivity index (χ4v) is 2.79. The average molecular weight is 300 g/mol. The van der Waals surface area contributed by atoms with Gasteiger partial charge in [0.25, 0.3) is 0 Å². The van der Waals surface area contributed by atoms with E-state index >= 15 is 0 Å². The molecule has 0 spiro atoms. The van der Waals surface area contributed by atoms with Gasteiger partial charge >= 0.3 is 6.09 Å². The molecule has 1 heterocycles. The van der Waals surface area contributed by atoms with Crippen molar-refractivity contribution in [1.29, 1.82) is 0 Å². The van der Waals surface area contributed by atoms with Crippen molar-refractivity contribution >= 4 is 6.09 Å². The van der Waals surface area contributed by atoms with Crippen LogP contribution in [-0.2, 0) is 4.74 Å². The van der Waals surface area contributed by atoms with Crippen molar-refractivity contribution in [2.75, 3.05) is 13.1 Å². The number of nitrogens with zero attached hydrogens (tertiary/aromatic N) is 1. The summed E-state index contributed by atoms with van der Waals surface area (Å²) in [5.41, 5.74) is -0.487. The van der Waals surface area contributed by atoms with Crippen molar-refractivity contribution < 1.29 is 14.6 Å². The van der Waals surface area contributed by atoms with Crippen LogP contribution in [0.4, 0.5) is 4.79 Å². The highest BCUT2D eigenvalue weighted by Gasteiger charge is 2.33. The molecule has 1 saturated heterocycles. The second kappa shape index (κ2) is 7.45. The summed E-state index contributed by atoms with van der Waals surface area (Å²) in [5, 5.41) is 13.1. The highest BCUT2D eigenvalue weighted by molar-refractivity contribution is 5.68. The number of carbonyl (C=O) groups is 1. The van der Waals surface area contributed by atoms with Crippen LogP contribution in [0.3, 0.4) is 0 Å². The molecule has 1 fully saturated rings. The second-order valence-corrected chi connectivity index (χ2v) is 7.36. The number of hydrogen-bond acceptors (Lipinski definition) is 4. The normalized spacial score (nSPS) is 25.7. The molecule has 5 nitrogen and oxygen atoms in total. The van der Waals surface area contributed by atoms with Crippen molar-refractivity contribution in [1.82, 2.24) is 10.2 Å². The van der Waals surface area contributed by atoms with Crippen LogP contribution >= 0.6 is 0 Å². The molecule has 5 heteroatoms. The van der Waals surface area contributed by atoms with Crippen LogP contribution in [0.5, 0.6) is 0 Å². The molecule has 2 N–H and O–H groups in total. The minimum absolute atomic E-state index is 0.0298. The zero-order valence-electron chi connectivity index (χ0n) is 14.3. The van der Waals surface area contributed by atoms with Crippen LogP contribution < -0.4 is 5.32 Å². The molecule has 0 aliphatic carbocycles. The van der Waals surface area contributed by atoms with Gasteiger partial charge < -0.3 is 15.2 Å². The SMILES string of the molecule is CCC(O)C1CC(NC(=O)OC(C)(C)C)CN(C(C)C)C1. The van der Waals surface area contributed by atoms with Crippen molar-refractivity contribution in [3.63, 3.8) is 0 Å². The maximum atomic E-state index is 11.9. The minimum atomic E-state index is -0.487. The lowest BCUT2D eigenvalue weighted by atomic mass is 9.88. The number of amides is 1. The van der Waals surface area contributed by atoms with Crippen LogP contribution in [0.2, 0.25) is 0 Å². The molecule has 3 unspecified atom stereocenters. The Labute approximate surface area is 129 Å². The number of carbonyl (C=O) groups excluding carboxylic acids is 1. The molecule has 1 aliphatic rings. The first-order valence-electron chi connectivity index (χ1n) is 8.04. The molecule has 21 heavy (non-hydrogen) atoms. The number of aliphatic hydroxyl groups is 1. The van der Waals surface area contributed by atoms with Gasteiger partial charge in [0, 0.05) is 25.2 Å². The van der Waals surface area contributed by atoms with E-state index in [1.165, 1.54) is 0 Å². The number of ether oxygens (including phenoxy) is 1. The first-order valence-corrected chi connectivity index (χ1v) is 8.04. The van der Waals surface area contributed by atoms with Gasteiger partial charge in [-0.3, -0.25) is 4.90 Å². The van der Waals surface area contributed by atoms with E-state index in [2.05, 4.69) is 24.1 Å². The number of hydrogen-bond donors (Lipinski definition) is 2. The van der Waals surface area contributed by atoms with Crippen LogP contribution in [-0.4, -0.2) is 53.0 Å². The quantitative estimate of drug-likeness (QED) is 0.837. The van der Waals surface area contributed by atoms with Gasteiger partial charge in [0.05, 0.1) is 6.10 Å². The summed E-state index contributed by atoms with van der Waals surface area (Å²) in [5.74, 6) is 0.200. The van der Waals surface area contributed by atoms with E-state index < -0.39 is 5.60 Å². The summed E-state index contributed by atoms with van der Waals surface area (Å²) in [6.07, 6.45) is 0.866. The van der Waals surface area contributed by atoms with Gasteiger partial charge in [-0.25, -0.2) is 4.79 Å². The molecule has 0 bridgehead atoms. The summed E-state index contributed by atoms with van der Waals surface area (Å²) in [7, 11) is 0. The van der Waals surface area contributed by atoms with Crippen molar-refractivity contribution in [3.8, 4) is 0 Å². The van der Waals surface area contributed by atoms with Crippen LogP contribution in [0, 0.1) is 5.92 Å². The molecule has 1 amide bonds. The second-order valence-electron chi connectivity index (χ2n) is 7.36. The van der Waals surface area contributed by atoms with Crippen molar-refractivity contribution in [2.24, 2.45) is 5.92 Å². The molecule has 124 valence electrons. The number of alkyl carbamates (subject to hydrolysis) is 1. The summed E-state index contributed by atoms with van der Waals surface area (Å²) in [6, 6.07) is 0.432. The number of likely N-dealkylation sites (tertiary alicyclic amines) is 1. The summed E-state index contributed by atoms with van der Waals surface area (Å²) < 4.78 is 5.33. The van der Waals surface area contributed by atoms with Gasteiger partial charge in [-0.2, -0.15) is 0 Å². The van der Waals surface area contributed by atoms with Gasteiger partial charge in [0.15, 0.2) is 0 Å².